The lowest BCUT2D eigenvalue weighted by Crippen LogP contribution is -2.54. The van der Waals surface area contributed by atoms with Gasteiger partial charge in [0.1, 0.15) is 6.04 Å². The predicted octanol–water partition coefficient (Wildman–Crippen LogP) is 6.59. The molecule has 1 aliphatic heterocycles. The largest absolute Gasteiger partial charge is 0.416 e. The molecular formula is C24H17Cl2F3N2O2. The molecule has 0 unspecified atom stereocenters. The lowest BCUT2D eigenvalue weighted by Gasteiger charge is -2.40. The van der Waals surface area contributed by atoms with Gasteiger partial charge in [0.2, 0.25) is 5.91 Å². The van der Waals surface area contributed by atoms with Gasteiger partial charge in [-0.2, -0.15) is 13.2 Å². The van der Waals surface area contributed by atoms with Crippen LogP contribution in [0, 0.1) is 0 Å². The van der Waals surface area contributed by atoms with E-state index >= 15 is 0 Å². The first-order valence-electron chi connectivity index (χ1n) is 9.93. The van der Waals surface area contributed by atoms with E-state index < -0.39 is 29.6 Å². The summed E-state index contributed by atoms with van der Waals surface area (Å²) in [4.78, 5) is 29.4. The number of hydrogen-bond donors (Lipinski definition) is 0. The van der Waals surface area contributed by atoms with Gasteiger partial charge in [-0.3, -0.25) is 14.5 Å². The minimum absolute atomic E-state index is 0.0737. The summed E-state index contributed by atoms with van der Waals surface area (Å²) in [6.45, 7) is 1.61. The van der Waals surface area contributed by atoms with E-state index in [9.17, 15) is 22.8 Å². The summed E-state index contributed by atoms with van der Waals surface area (Å²) in [5, 5.41) is 0.783. The Morgan fingerprint density at radius 1 is 0.939 bits per heavy atom. The number of nitrogens with zero attached hydrogens (tertiary/aromatic N) is 2. The number of carbonyl (C=O) groups excluding carboxylic acids is 2. The van der Waals surface area contributed by atoms with Gasteiger partial charge in [-0.05, 0) is 49.4 Å². The van der Waals surface area contributed by atoms with Crippen LogP contribution in [0.25, 0.3) is 0 Å². The fourth-order valence-corrected chi connectivity index (χ4v) is 4.33. The lowest BCUT2D eigenvalue weighted by atomic mass is 10.0. The van der Waals surface area contributed by atoms with Gasteiger partial charge in [-0.15, -0.1) is 0 Å². The second-order valence-corrected chi connectivity index (χ2v) is 8.36. The van der Waals surface area contributed by atoms with Crippen molar-refractivity contribution in [1.82, 2.24) is 0 Å². The highest BCUT2D eigenvalue weighted by atomic mass is 35.5. The Morgan fingerprint density at radius 2 is 1.55 bits per heavy atom. The van der Waals surface area contributed by atoms with E-state index in [1.54, 1.807) is 42.5 Å². The highest BCUT2D eigenvalue weighted by Crippen LogP contribution is 2.39. The molecular weight excluding hydrogens is 476 g/mol. The number of anilines is 2. The molecule has 1 aliphatic rings. The zero-order chi connectivity index (χ0) is 23.9. The second-order valence-electron chi connectivity index (χ2n) is 7.54. The molecule has 0 radical (unpaired) electrons. The molecule has 4 nitrogen and oxygen atoms in total. The van der Waals surface area contributed by atoms with Crippen LogP contribution in [0.4, 0.5) is 24.5 Å². The average molecular weight is 493 g/mol. The van der Waals surface area contributed by atoms with Crippen molar-refractivity contribution in [3.63, 3.8) is 0 Å². The van der Waals surface area contributed by atoms with Crippen molar-refractivity contribution in [3.05, 3.63) is 93.5 Å². The third kappa shape index (κ3) is 4.30. The van der Waals surface area contributed by atoms with Crippen LogP contribution in [0.15, 0.2) is 66.7 Å². The third-order valence-electron chi connectivity index (χ3n) is 5.48. The first-order chi connectivity index (χ1) is 15.6. The van der Waals surface area contributed by atoms with Gasteiger partial charge in [0, 0.05) is 21.2 Å². The molecule has 0 saturated heterocycles. The quantitative estimate of drug-likeness (QED) is 0.413. The van der Waals surface area contributed by atoms with Crippen molar-refractivity contribution in [1.29, 1.82) is 0 Å². The van der Waals surface area contributed by atoms with Crippen molar-refractivity contribution in [2.45, 2.75) is 25.7 Å². The average Bonchev–Trinajstić information content (AvgIpc) is 2.78. The van der Waals surface area contributed by atoms with Gasteiger partial charge in [0.15, 0.2) is 0 Å². The molecule has 0 bridgehead atoms. The normalized spacial score (nSPS) is 16.1. The van der Waals surface area contributed by atoms with Crippen molar-refractivity contribution >= 4 is 46.4 Å². The summed E-state index contributed by atoms with van der Waals surface area (Å²) in [6.07, 6.45) is -4.59. The SMILES string of the molecule is C[C@@H]1C(=O)N(Cc2c(Cl)cccc2Cl)c2ccccc2N1C(=O)c1cccc(C(F)(F)F)c1. The summed E-state index contributed by atoms with van der Waals surface area (Å²) in [5.74, 6) is -1.12. The molecule has 0 N–H and O–H groups in total. The van der Waals surface area contributed by atoms with E-state index in [1.165, 1.54) is 28.9 Å². The Hall–Kier alpha value is -3.03. The van der Waals surface area contributed by atoms with Gasteiger partial charge in [0.25, 0.3) is 5.91 Å². The third-order valence-corrected chi connectivity index (χ3v) is 6.18. The van der Waals surface area contributed by atoms with Crippen molar-refractivity contribution in [2.75, 3.05) is 9.80 Å². The summed E-state index contributed by atoms with van der Waals surface area (Å²) in [5.41, 5.74) is 0.274. The Balaban J connectivity index is 1.76. The van der Waals surface area contributed by atoms with Crippen LogP contribution in [0.3, 0.4) is 0 Å². The van der Waals surface area contributed by atoms with Crippen molar-refractivity contribution in [2.24, 2.45) is 0 Å². The van der Waals surface area contributed by atoms with E-state index in [2.05, 4.69) is 0 Å². The Kier molecular flexibility index (Phi) is 6.12. The van der Waals surface area contributed by atoms with Crippen LogP contribution in [0.5, 0.6) is 0 Å². The molecule has 0 saturated carbocycles. The van der Waals surface area contributed by atoms with Gasteiger partial charge in [0.05, 0.1) is 23.5 Å². The number of fused-ring (bicyclic) bond motifs is 1. The molecule has 3 aromatic carbocycles. The van der Waals surface area contributed by atoms with Crippen LogP contribution >= 0.6 is 23.2 Å². The van der Waals surface area contributed by atoms with Gasteiger partial charge in [-0.25, -0.2) is 0 Å². The zero-order valence-corrected chi connectivity index (χ0v) is 18.7. The van der Waals surface area contributed by atoms with E-state index in [-0.39, 0.29) is 12.1 Å². The maximum Gasteiger partial charge on any atom is 0.416 e. The Labute approximate surface area is 198 Å². The predicted molar refractivity (Wildman–Crippen MR) is 122 cm³/mol. The Morgan fingerprint density at radius 3 is 2.18 bits per heavy atom. The monoisotopic (exact) mass is 492 g/mol. The van der Waals surface area contributed by atoms with Crippen LogP contribution in [-0.2, 0) is 17.5 Å². The van der Waals surface area contributed by atoms with E-state index in [4.69, 9.17) is 23.2 Å². The van der Waals surface area contributed by atoms with Crippen LogP contribution < -0.4 is 9.80 Å². The molecule has 4 rings (SSSR count). The highest BCUT2D eigenvalue weighted by Gasteiger charge is 2.40. The first-order valence-corrected chi connectivity index (χ1v) is 10.7. The van der Waals surface area contributed by atoms with Crippen molar-refractivity contribution < 1.29 is 22.8 Å². The molecule has 2 amide bonds. The Bertz CT molecular complexity index is 1230. The standard InChI is InChI=1S/C24H17Cl2F3N2O2/c1-14-22(32)30(13-17-18(25)8-5-9-19(17)26)20-10-2-3-11-21(20)31(14)23(33)15-6-4-7-16(12-15)24(27,28)29/h2-12,14H,13H2,1H3/t14-/m1/s1. The minimum Gasteiger partial charge on any atom is -0.304 e. The molecule has 170 valence electrons. The number of amides is 2. The molecule has 0 spiro atoms. The topological polar surface area (TPSA) is 40.6 Å². The summed E-state index contributed by atoms with van der Waals surface area (Å²) in [7, 11) is 0. The van der Waals surface area contributed by atoms with Gasteiger partial charge >= 0.3 is 6.18 Å². The highest BCUT2D eigenvalue weighted by molar-refractivity contribution is 6.36. The molecule has 9 heteroatoms. The van der Waals surface area contributed by atoms with E-state index in [1.807, 2.05) is 0 Å². The first kappa shape index (κ1) is 23.1. The maximum atomic E-state index is 13.4. The summed E-state index contributed by atoms with van der Waals surface area (Å²) in [6, 6.07) is 14.9. The smallest absolute Gasteiger partial charge is 0.304 e. The molecule has 1 heterocycles. The second kappa shape index (κ2) is 8.72. The number of alkyl halides is 3. The molecule has 33 heavy (non-hydrogen) atoms. The van der Waals surface area contributed by atoms with Crippen LogP contribution in [0.1, 0.15) is 28.4 Å². The van der Waals surface area contributed by atoms with E-state index in [0.29, 0.717) is 27.0 Å². The van der Waals surface area contributed by atoms with E-state index in [0.717, 1.165) is 12.1 Å². The molecule has 0 fully saturated rings. The number of rotatable bonds is 3. The van der Waals surface area contributed by atoms with Gasteiger partial charge in [-0.1, -0.05) is 47.5 Å². The number of hydrogen-bond acceptors (Lipinski definition) is 2. The van der Waals surface area contributed by atoms with Crippen LogP contribution in [0.2, 0.25) is 10.0 Å². The van der Waals surface area contributed by atoms with Crippen molar-refractivity contribution in [3.8, 4) is 0 Å². The minimum atomic E-state index is -4.59. The number of carbonyl (C=O) groups is 2. The lowest BCUT2D eigenvalue weighted by molar-refractivity contribution is -0.137. The fourth-order valence-electron chi connectivity index (χ4n) is 3.82. The number of halogens is 5. The maximum absolute atomic E-state index is 13.4. The molecule has 3 aromatic rings. The van der Waals surface area contributed by atoms with Gasteiger partial charge < -0.3 is 4.90 Å². The fraction of sp³-hybridized carbons (Fsp3) is 0.167. The number of para-hydroxylation sites is 2. The zero-order valence-electron chi connectivity index (χ0n) is 17.2. The summed E-state index contributed by atoms with van der Waals surface area (Å²) < 4.78 is 39.5. The molecule has 0 aliphatic carbocycles. The van der Waals surface area contributed by atoms with Crippen LogP contribution in [-0.4, -0.2) is 17.9 Å². The molecule has 0 aromatic heterocycles. The summed E-state index contributed by atoms with van der Waals surface area (Å²) >= 11 is 12.6. The molecule has 1 atom stereocenters. The number of benzene rings is 3.